The minimum Gasteiger partial charge on any atom is -0.460 e. The van der Waals surface area contributed by atoms with Crippen molar-refractivity contribution in [2.24, 2.45) is 0 Å². The second kappa shape index (κ2) is 9.38. The Morgan fingerprint density at radius 3 is 2.38 bits per heavy atom. The molecule has 1 aromatic carbocycles. The maximum atomic E-state index is 13.0. The van der Waals surface area contributed by atoms with Crippen LogP contribution in [0.2, 0.25) is 5.02 Å². The van der Waals surface area contributed by atoms with Crippen molar-refractivity contribution in [1.29, 1.82) is 0 Å². The number of halogens is 1. The first-order valence-electron chi connectivity index (χ1n) is 10.1. The maximum Gasteiger partial charge on any atom is 0.312 e. The van der Waals surface area contributed by atoms with Gasteiger partial charge in [-0.2, -0.15) is 0 Å². The van der Waals surface area contributed by atoms with Crippen LogP contribution < -0.4 is 0 Å². The number of carbonyl (C=O) groups excluding carboxylic acids is 1. The molecule has 8 heteroatoms. The number of nitrogens with zero attached hydrogens (tertiary/aromatic N) is 2. The van der Waals surface area contributed by atoms with E-state index in [0.29, 0.717) is 22.1 Å². The smallest absolute Gasteiger partial charge is 0.312 e. The molecule has 0 unspecified atom stereocenters. The van der Waals surface area contributed by atoms with Gasteiger partial charge in [0.2, 0.25) is 9.84 Å². The first-order chi connectivity index (χ1) is 14.9. The largest absolute Gasteiger partial charge is 0.460 e. The van der Waals surface area contributed by atoms with Crippen LogP contribution in [-0.4, -0.2) is 30.0 Å². The van der Waals surface area contributed by atoms with Crippen LogP contribution in [0.3, 0.4) is 0 Å². The predicted molar refractivity (Wildman–Crippen MR) is 124 cm³/mol. The molecule has 0 saturated carbocycles. The highest BCUT2D eigenvalue weighted by atomic mass is 35.5. The summed E-state index contributed by atoms with van der Waals surface area (Å²) in [5.41, 5.74) is 2.41. The van der Waals surface area contributed by atoms with E-state index < -0.39 is 21.4 Å². The summed E-state index contributed by atoms with van der Waals surface area (Å²) in [5, 5.41) is 0.325. The van der Waals surface area contributed by atoms with Gasteiger partial charge in [-0.25, -0.2) is 13.4 Å². The number of esters is 1. The summed E-state index contributed by atoms with van der Waals surface area (Å²) < 4.78 is 31.3. The Morgan fingerprint density at radius 1 is 0.969 bits per heavy atom. The molecule has 0 spiro atoms. The highest BCUT2D eigenvalue weighted by Gasteiger charge is 2.21. The number of rotatable bonds is 6. The highest BCUT2D eigenvalue weighted by molar-refractivity contribution is 7.90. The van der Waals surface area contributed by atoms with Gasteiger partial charge in [0.15, 0.2) is 5.03 Å². The van der Waals surface area contributed by atoms with Crippen LogP contribution in [-0.2, 0) is 31.5 Å². The Labute approximate surface area is 193 Å². The van der Waals surface area contributed by atoms with Crippen molar-refractivity contribution in [1.82, 2.24) is 9.97 Å². The summed E-state index contributed by atoms with van der Waals surface area (Å²) in [7, 11) is -3.80. The van der Waals surface area contributed by atoms with Gasteiger partial charge in [0, 0.05) is 5.56 Å². The van der Waals surface area contributed by atoms with Gasteiger partial charge >= 0.3 is 5.97 Å². The summed E-state index contributed by atoms with van der Waals surface area (Å²) in [4.78, 5) is 20.8. The number of aryl methyl sites for hydroxylation is 1. The number of benzene rings is 1. The third-order valence-corrected chi connectivity index (χ3v) is 6.33. The molecule has 0 aliphatic carbocycles. The van der Waals surface area contributed by atoms with Gasteiger partial charge in [-0.15, -0.1) is 0 Å². The molecule has 32 heavy (non-hydrogen) atoms. The minimum absolute atomic E-state index is 0.114. The fourth-order valence-electron chi connectivity index (χ4n) is 3.11. The first-order valence-corrected chi connectivity index (χ1v) is 12.1. The third kappa shape index (κ3) is 6.14. The molecule has 0 fully saturated rings. The lowest BCUT2D eigenvalue weighted by Crippen LogP contribution is -2.25. The number of aromatic nitrogens is 2. The van der Waals surface area contributed by atoms with Crippen LogP contribution in [0, 0.1) is 6.92 Å². The normalized spacial score (nSPS) is 11.9. The van der Waals surface area contributed by atoms with Crippen molar-refractivity contribution >= 4 is 27.4 Å². The minimum atomic E-state index is -3.80. The average Bonchev–Trinajstić information content (AvgIpc) is 2.68. The molecule has 0 atom stereocenters. The van der Waals surface area contributed by atoms with Gasteiger partial charge in [0.25, 0.3) is 0 Å². The molecule has 3 rings (SSSR count). The lowest BCUT2D eigenvalue weighted by atomic mass is 10.1. The zero-order chi connectivity index (χ0) is 23.5. The third-order valence-electron chi connectivity index (χ3n) is 4.49. The van der Waals surface area contributed by atoms with Gasteiger partial charge in [-0.05, 0) is 57.5 Å². The number of carbonyl (C=O) groups is 1. The summed E-state index contributed by atoms with van der Waals surface area (Å²) in [6, 6.07) is 15.4. The Hall–Kier alpha value is -2.77. The lowest BCUT2D eigenvalue weighted by molar-refractivity contribution is -0.154. The lowest BCUT2D eigenvalue weighted by Gasteiger charge is -2.19. The highest BCUT2D eigenvalue weighted by Crippen LogP contribution is 2.29. The quantitative estimate of drug-likeness (QED) is 0.471. The first kappa shape index (κ1) is 23.9. The maximum absolute atomic E-state index is 13.0. The van der Waals surface area contributed by atoms with E-state index in [1.54, 1.807) is 45.0 Å². The van der Waals surface area contributed by atoms with E-state index in [2.05, 4.69) is 9.97 Å². The molecule has 0 N–H and O–H groups in total. The molecule has 0 radical (unpaired) electrons. The van der Waals surface area contributed by atoms with Crippen molar-refractivity contribution in [3.05, 3.63) is 76.6 Å². The fraction of sp³-hybridized carbons (Fsp3) is 0.292. The van der Waals surface area contributed by atoms with E-state index in [0.717, 1.165) is 11.1 Å². The summed E-state index contributed by atoms with van der Waals surface area (Å²) in [5.74, 6) is -0.812. The van der Waals surface area contributed by atoms with E-state index in [-0.39, 0.29) is 17.2 Å². The Bertz CT molecular complexity index is 1250. The summed E-state index contributed by atoms with van der Waals surface area (Å²) in [6.45, 7) is 7.24. The Morgan fingerprint density at radius 2 is 1.69 bits per heavy atom. The van der Waals surface area contributed by atoms with Crippen molar-refractivity contribution in [3.63, 3.8) is 0 Å². The van der Waals surface area contributed by atoms with Crippen LogP contribution in [0.1, 0.15) is 37.7 Å². The molecular formula is C24H25ClN2O4S. The molecule has 0 bridgehead atoms. The van der Waals surface area contributed by atoms with Gasteiger partial charge in [-0.3, -0.25) is 9.78 Å². The topological polar surface area (TPSA) is 86.2 Å². The molecule has 3 aromatic rings. The van der Waals surface area contributed by atoms with Gasteiger partial charge < -0.3 is 4.74 Å². The van der Waals surface area contributed by atoms with E-state index >= 15 is 0 Å². The van der Waals surface area contributed by atoms with E-state index in [1.165, 1.54) is 6.07 Å². The number of hydrogen-bond acceptors (Lipinski definition) is 6. The molecule has 6 nitrogen and oxygen atoms in total. The molecule has 0 saturated heterocycles. The van der Waals surface area contributed by atoms with Gasteiger partial charge in [-0.1, -0.05) is 41.9 Å². The predicted octanol–water partition coefficient (Wildman–Crippen LogP) is 4.96. The van der Waals surface area contributed by atoms with Crippen LogP contribution in [0.15, 0.2) is 59.6 Å². The second-order valence-corrected chi connectivity index (χ2v) is 10.8. The molecule has 168 valence electrons. The average molecular weight is 473 g/mol. The molecule has 2 heterocycles. The zero-order valence-electron chi connectivity index (χ0n) is 18.4. The van der Waals surface area contributed by atoms with Crippen LogP contribution >= 0.6 is 11.6 Å². The number of sulfone groups is 1. The van der Waals surface area contributed by atoms with E-state index in [4.69, 9.17) is 16.3 Å². The molecular weight excluding hydrogens is 448 g/mol. The zero-order valence-corrected chi connectivity index (χ0v) is 20.0. The van der Waals surface area contributed by atoms with Crippen LogP contribution in [0.4, 0.5) is 0 Å². The van der Waals surface area contributed by atoms with Crippen LogP contribution in [0.25, 0.3) is 11.3 Å². The SMILES string of the molecule is Cc1ccccc1-c1nc(CS(=O)(=O)c2cccc(CC(=O)OC(C)(C)C)n2)ccc1Cl. The van der Waals surface area contributed by atoms with Crippen molar-refractivity contribution in [2.45, 2.75) is 50.5 Å². The standard InChI is InChI=1S/C24H25ClN2O4S/c1-16-8-5-6-10-19(16)23-20(25)13-12-18(27-23)15-32(29,30)21-11-7-9-17(26-21)14-22(28)31-24(2,3)4/h5-13H,14-15H2,1-4H3. The molecule has 0 amide bonds. The van der Waals surface area contributed by atoms with Gasteiger partial charge in [0.05, 0.1) is 34.3 Å². The van der Waals surface area contributed by atoms with Crippen molar-refractivity contribution in [2.75, 3.05) is 0 Å². The molecule has 0 aliphatic rings. The van der Waals surface area contributed by atoms with E-state index in [9.17, 15) is 13.2 Å². The molecule has 2 aromatic heterocycles. The van der Waals surface area contributed by atoms with E-state index in [1.807, 2.05) is 31.2 Å². The second-order valence-electron chi connectivity index (χ2n) is 8.44. The van der Waals surface area contributed by atoms with Crippen molar-refractivity contribution < 1.29 is 17.9 Å². The summed E-state index contributed by atoms with van der Waals surface area (Å²) in [6.07, 6.45) is -0.114. The van der Waals surface area contributed by atoms with Crippen molar-refractivity contribution in [3.8, 4) is 11.3 Å². The summed E-state index contributed by atoms with van der Waals surface area (Å²) >= 11 is 6.34. The fourth-order valence-corrected chi connectivity index (χ4v) is 4.56. The van der Waals surface area contributed by atoms with Crippen LogP contribution in [0.5, 0.6) is 0 Å². The number of pyridine rings is 2. The Kier molecular flexibility index (Phi) is 7.00. The number of hydrogen-bond donors (Lipinski definition) is 0. The molecule has 0 aliphatic heterocycles. The van der Waals surface area contributed by atoms with Gasteiger partial charge in [0.1, 0.15) is 5.60 Å². The number of ether oxygens (including phenoxy) is 1. The monoisotopic (exact) mass is 472 g/mol. The Balaban J connectivity index is 1.85.